The Bertz CT molecular complexity index is 548. The Morgan fingerprint density at radius 2 is 1.61 bits per heavy atom. The highest BCUT2D eigenvalue weighted by molar-refractivity contribution is 8.00. The third kappa shape index (κ3) is 2.01. The van der Waals surface area contributed by atoms with Crippen LogP contribution in [0.4, 0.5) is 5.69 Å². The fraction of sp³-hybridized carbons (Fsp3) is 0.250. The molecule has 0 amide bonds. The van der Waals surface area contributed by atoms with Crippen LogP contribution in [0, 0.1) is 0 Å². The summed E-state index contributed by atoms with van der Waals surface area (Å²) in [5.41, 5.74) is 2.72. The smallest absolute Gasteiger partial charge is 0.0854 e. The van der Waals surface area contributed by atoms with Crippen LogP contribution in [-0.2, 0) is 6.54 Å². The minimum absolute atomic E-state index is 0.0930. The minimum Gasteiger partial charge on any atom is -0.353 e. The number of rotatable bonds is 1. The summed E-state index contributed by atoms with van der Waals surface area (Å²) < 4.78 is 0. The van der Waals surface area contributed by atoms with Crippen LogP contribution in [0.15, 0.2) is 59.5 Å². The standard InChI is InChI=1S/C16H17NS/c1-16(2)17(14-9-4-3-5-10-14)12-13-8-6-7-11-15(13)18-16/h3-11H,12H2,1-2H3. The topological polar surface area (TPSA) is 3.24 Å². The summed E-state index contributed by atoms with van der Waals surface area (Å²) in [6.07, 6.45) is 0. The highest BCUT2D eigenvalue weighted by Crippen LogP contribution is 2.44. The summed E-state index contributed by atoms with van der Waals surface area (Å²) in [5.74, 6) is 0. The monoisotopic (exact) mass is 255 g/mol. The number of hydrogen-bond donors (Lipinski definition) is 0. The van der Waals surface area contributed by atoms with Crippen LogP contribution in [0.2, 0.25) is 0 Å². The highest BCUT2D eigenvalue weighted by atomic mass is 32.2. The van der Waals surface area contributed by atoms with Crippen LogP contribution < -0.4 is 4.90 Å². The number of anilines is 1. The predicted octanol–water partition coefficient (Wildman–Crippen LogP) is 4.54. The van der Waals surface area contributed by atoms with Gasteiger partial charge in [0.15, 0.2) is 0 Å². The second-order valence-electron chi connectivity index (χ2n) is 5.08. The van der Waals surface area contributed by atoms with Crippen molar-refractivity contribution in [1.29, 1.82) is 0 Å². The second kappa shape index (κ2) is 4.36. The Hall–Kier alpha value is -1.41. The number of benzene rings is 2. The fourth-order valence-corrected chi connectivity index (χ4v) is 3.66. The average Bonchev–Trinajstić information content (AvgIpc) is 2.38. The van der Waals surface area contributed by atoms with E-state index in [1.54, 1.807) is 0 Å². The summed E-state index contributed by atoms with van der Waals surface area (Å²) in [5, 5.41) is 0. The maximum absolute atomic E-state index is 2.47. The number of nitrogens with zero attached hydrogens (tertiary/aromatic N) is 1. The van der Waals surface area contributed by atoms with Gasteiger partial charge in [-0.15, -0.1) is 0 Å². The first-order chi connectivity index (χ1) is 8.67. The van der Waals surface area contributed by atoms with Crippen LogP contribution in [-0.4, -0.2) is 4.87 Å². The summed E-state index contributed by atoms with van der Waals surface area (Å²) >= 11 is 1.94. The first-order valence-corrected chi connectivity index (χ1v) is 7.08. The summed E-state index contributed by atoms with van der Waals surface area (Å²) in [6.45, 7) is 5.57. The van der Waals surface area contributed by atoms with Gasteiger partial charge in [-0.05, 0) is 37.6 Å². The molecule has 0 aromatic heterocycles. The van der Waals surface area contributed by atoms with E-state index in [9.17, 15) is 0 Å². The van der Waals surface area contributed by atoms with Crippen molar-refractivity contribution in [3.05, 3.63) is 60.2 Å². The van der Waals surface area contributed by atoms with E-state index in [1.165, 1.54) is 16.1 Å². The Morgan fingerprint density at radius 1 is 0.944 bits per heavy atom. The van der Waals surface area contributed by atoms with Crippen molar-refractivity contribution in [3.63, 3.8) is 0 Å². The van der Waals surface area contributed by atoms with Gasteiger partial charge in [-0.3, -0.25) is 0 Å². The zero-order chi connectivity index (χ0) is 12.6. The number of thioether (sulfide) groups is 1. The van der Waals surface area contributed by atoms with Crippen molar-refractivity contribution in [2.45, 2.75) is 30.2 Å². The average molecular weight is 255 g/mol. The Balaban J connectivity index is 2.02. The third-order valence-corrected chi connectivity index (χ3v) is 4.72. The molecule has 0 radical (unpaired) electrons. The molecule has 2 aromatic carbocycles. The van der Waals surface area contributed by atoms with Crippen molar-refractivity contribution in [2.75, 3.05) is 4.90 Å². The quantitative estimate of drug-likeness (QED) is 0.736. The van der Waals surface area contributed by atoms with E-state index in [-0.39, 0.29) is 4.87 Å². The van der Waals surface area contributed by atoms with Crippen LogP contribution in [0.3, 0.4) is 0 Å². The highest BCUT2D eigenvalue weighted by Gasteiger charge is 2.33. The lowest BCUT2D eigenvalue weighted by molar-refractivity contribution is 0.614. The summed E-state index contributed by atoms with van der Waals surface area (Å²) in [6, 6.07) is 19.4. The molecule has 0 atom stereocenters. The van der Waals surface area contributed by atoms with Gasteiger partial charge in [0.25, 0.3) is 0 Å². The van der Waals surface area contributed by atoms with Gasteiger partial charge in [0.2, 0.25) is 0 Å². The third-order valence-electron chi connectivity index (χ3n) is 3.38. The first kappa shape index (κ1) is 11.7. The molecule has 1 nitrogen and oxygen atoms in total. The van der Waals surface area contributed by atoms with E-state index < -0.39 is 0 Å². The van der Waals surface area contributed by atoms with Gasteiger partial charge in [-0.1, -0.05) is 48.2 Å². The second-order valence-corrected chi connectivity index (χ2v) is 6.72. The fourth-order valence-electron chi connectivity index (χ4n) is 2.43. The van der Waals surface area contributed by atoms with Crippen molar-refractivity contribution in [1.82, 2.24) is 0 Å². The molecule has 3 rings (SSSR count). The molecule has 92 valence electrons. The molecule has 0 bridgehead atoms. The van der Waals surface area contributed by atoms with Gasteiger partial charge in [0.1, 0.15) is 0 Å². The zero-order valence-corrected chi connectivity index (χ0v) is 11.6. The van der Waals surface area contributed by atoms with Gasteiger partial charge in [0.05, 0.1) is 4.87 Å². The Morgan fingerprint density at radius 3 is 2.39 bits per heavy atom. The molecule has 0 N–H and O–H groups in total. The van der Waals surface area contributed by atoms with Crippen LogP contribution in [0.25, 0.3) is 0 Å². The molecule has 1 heterocycles. The summed E-state index contributed by atoms with van der Waals surface area (Å²) in [7, 11) is 0. The van der Waals surface area contributed by atoms with Crippen molar-refractivity contribution >= 4 is 17.4 Å². The van der Waals surface area contributed by atoms with Crippen LogP contribution in [0.1, 0.15) is 19.4 Å². The van der Waals surface area contributed by atoms with E-state index in [2.05, 4.69) is 73.3 Å². The van der Waals surface area contributed by atoms with E-state index in [0.717, 1.165) is 6.54 Å². The molecule has 0 spiro atoms. The van der Waals surface area contributed by atoms with Crippen molar-refractivity contribution in [3.8, 4) is 0 Å². The van der Waals surface area contributed by atoms with Gasteiger partial charge in [0, 0.05) is 17.1 Å². The van der Waals surface area contributed by atoms with E-state index >= 15 is 0 Å². The van der Waals surface area contributed by atoms with Gasteiger partial charge < -0.3 is 4.90 Å². The van der Waals surface area contributed by atoms with Gasteiger partial charge in [-0.2, -0.15) is 0 Å². The molecule has 0 saturated carbocycles. The molecule has 1 aliphatic rings. The van der Waals surface area contributed by atoms with Crippen molar-refractivity contribution < 1.29 is 0 Å². The molecule has 0 fully saturated rings. The largest absolute Gasteiger partial charge is 0.353 e. The molecular weight excluding hydrogens is 238 g/mol. The summed E-state index contributed by atoms with van der Waals surface area (Å²) in [4.78, 5) is 3.98. The maximum atomic E-state index is 2.47. The van der Waals surface area contributed by atoms with Gasteiger partial charge in [-0.25, -0.2) is 0 Å². The number of hydrogen-bond acceptors (Lipinski definition) is 2. The molecular formula is C16H17NS. The Labute approximate surface area is 113 Å². The van der Waals surface area contributed by atoms with E-state index in [4.69, 9.17) is 0 Å². The van der Waals surface area contributed by atoms with E-state index in [0.29, 0.717) is 0 Å². The normalized spacial score (nSPS) is 17.3. The molecule has 2 aromatic rings. The van der Waals surface area contributed by atoms with Crippen LogP contribution in [0.5, 0.6) is 0 Å². The molecule has 0 aliphatic carbocycles. The lowest BCUT2D eigenvalue weighted by Gasteiger charge is -2.44. The molecule has 18 heavy (non-hydrogen) atoms. The number of para-hydroxylation sites is 1. The first-order valence-electron chi connectivity index (χ1n) is 6.26. The lowest BCUT2D eigenvalue weighted by Crippen LogP contribution is -2.43. The van der Waals surface area contributed by atoms with Gasteiger partial charge >= 0.3 is 0 Å². The minimum atomic E-state index is 0.0930. The van der Waals surface area contributed by atoms with Crippen molar-refractivity contribution in [2.24, 2.45) is 0 Å². The predicted molar refractivity (Wildman–Crippen MR) is 79.0 cm³/mol. The Kier molecular flexibility index (Phi) is 2.83. The molecule has 0 saturated heterocycles. The molecule has 2 heteroatoms. The SMILES string of the molecule is CC1(C)Sc2ccccc2CN1c1ccccc1. The zero-order valence-electron chi connectivity index (χ0n) is 10.8. The van der Waals surface area contributed by atoms with E-state index in [1.807, 2.05) is 11.8 Å². The number of fused-ring (bicyclic) bond motifs is 1. The molecule has 0 unspecified atom stereocenters. The van der Waals surface area contributed by atoms with Crippen LogP contribution >= 0.6 is 11.8 Å². The maximum Gasteiger partial charge on any atom is 0.0854 e. The molecule has 1 aliphatic heterocycles. The lowest BCUT2D eigenvalue weighted by atomic mass is 10.1.